The van der Waals surface area contributed by atoms with Gasteiger partial charge in [-0.25, -0.2) is 0 Å². The minimum Gasteiger partial charge on any atom is -0.339 e. The molecular formula is C21H33N3O. The number of carbonyl (C=O) groups is 1. The van der Waals surface area contributed by atoms with E-state index < -0.39 is 0 Å². The molecule has 0 saturated carbocycles. The van der Waals surface area contributed by atoms with Crippen molar-refractivity contribution in [3.05, 3.63) is 35.4 Å². The highest BCUT2D eigenvalue weighted by atomic mass is 16.2. The Morgan fingerprint density at radius 1 is 1.16 bits per heavy atom. The zero-order valence-electron chi connectivity index (χ0n) is 15.8. The first-order valence-electron chi connectivity index (χ1n) is 9.89. The molecule has 2 saturated heterocycles. The number of likely N-dealkylation sites (tertiary alicyclic amines) is 1. The van der Waals surface area contributed by atoms with Crippen LogP contribution in [0, 0.1) is 5.92 Å². The molecule has 1 aromatic carbocycles. The van der Waals surface area contributed by atoms with Gasteiger partial charge < -0.3 is 15.1 Å². The van der Waals surface area contributed by atoms with E-state index in [9.17, 15) is 4.79 Å². The number of nitrogens with zero attached hydrogens (tertiary/aromatic N) is 2. The molecule has 2 heterocycles. The lowest BCUT2D eigenvalue weighted by Gasteiger charge is -2.24. The number of amides is 1. The molecule has 2 aliphatic heterocycles. The first-order valence-corrected chi connectivity index (χ1v) is 9.89. The van der Waals surface area contributed by atoms with E-state index in [4.69, 9.17) is 0 Å². The highest BCUT2D eigenvalue weighted by molar-refractivity contribution is 5.94. The standard InChI is InChI=1S/C21H33N3O/c1-23(2)20-7-4-13-24(14-10-20)21(25)19-6-3-5-18(16-19)15-17-8-11-22-12-9-17/h3,5-6,16-17,20,22H,4,7-15H2,1-2H3/t20-/m1/s1. The Balaban J connectivity index is 1.62. The monoisotopic (exact) mass is 343 g/mol. The summed E-state index contributed by atoms with van der Waals surface area (Å²) in [5, 5.41) is 3.43. The summed E-state index contributed by atoms with van der Waals surface area (Å²) in [6.45, 7) is 4.02. The number of hydrogen-bond acceptors (Lipinski definition) is 3. The Morgan fingerprint density at radius 3 is 2.72 bits per heavy atom. The minimum atomic E-state index is 0.214. The van der Waals surface area contributed by atoms with Gasteiger partial charge in [-0.05, 0) is 89.3 Å². The third-order valence-corrected chi connectivity index (χ3v) is 5.87. The van der Waals surface area contributed by atoms with E-state index in [1.165, 1.54) is 24.8 Å². The second-order valence-electron chi connectivity index (χ2n) is 7.94. The van der Waals surface area contributed by atoms with Crippen molar-refractivity contribution in [1.29, 1.82) is 0 Å². The van der Waals surface area contributed by atoms with Crippen LogP contribution in [0.25, 0.3) is 0 Å². The normalized spacial score (nSPS) is 22.8. The van der Waals surface area contributed by atoms with Crippen molar-refractivity contribution in [1.82, 2.24) is 15.1 Å². The van der Waals surface area contributed by atoms with E-state index in [0.717, 1.165) is 56.9 Å². The fourth-order valence-corrected chi connectivity index (χ4v) is 4.23. The molecule has 0 spiro atoms. The van der Waals surface area contributed by atoms with E-state index in [0.29, 0.717) is 6.04 Å². The quantitative estimate of drug-likeness (QED) is 0.913. The van der Waals surface area contributed by atoms with Crippen LogP contribution in [0.3, 0.4) is 0 Å². The second-order valence-corrected chi connectivity index (χ2v) is 7.94. The average molecular weight is 344 g/mol. The van der Waals surface area contributed by atoms with Gasteiger partial charge in [-0.1, -0.05) is 12.1 Å². The fraction of sp³-hybridized carbons (Fsp3) is 0.667. The zero-order chi connectivity index (χ0) is 17.6. The van der Waals surface area contributed by atoms with E-state index in [1.807, 2.05) is 6.07 Å². The van der Waals surface area contributed by atoms with Crippen molar-refractivity contribution in [3.63, 3.8) is 0 Å². The molecule has 0 radical (unpaired) electrons. The van der Waals surface area contributed by atoms with Gasteiger partial charge in [0.2, 0.25) is 0 Å². The molecule has 1 atom stereocenters. The van der Waals surface area contributed by atoms with E-state index in [1.54, 1.807) is 0 Å². The van der Waals surface area contributed by atoms with Crippen LogP contribution >= 0.6 is 0 Å². The maximum atomic E-state index is 13.0. The molecule has 0 bridgehead atoms. The summed E-state index contributed by atoms with van der Waals surface area (Å²) in [4.78, 5) is 17.3. The maximum absolute atomic E-state index is 13.0. The Kier molecular flexibility index (Phi) is 6.49. The van der Waals surface area contributed by atoms with Gasteiger partial charge in [0.25, 0.3) is 5.91 Å². The summed E-state index contributed by atoms with van der Waals surface area (Å²) in [5.41, 5.74) is 2.19. The minimum absolute atomic E-state index is 0.214. The van der Waals surface area contributed by atoms with Gasteiger partial charge in [0, 0.05) is 24.7 Å². The molecule has 1 N–H and O–H groups in total. The molecule has 3 rings (SSSR count). The lowest BCUT2D eigenvalue weighted by molar-refractivity contribution is 0.0758. The lowest BCUT2D eigenvalue weighted by Crippen LogP contribution is -2.34. The number of nitrogens with one attached hydrogen (secondary N) is 1. The average Bonchev–Trinajstić information content (AvgIpc) is 2.88. The number of carbonyl (C=O) groups excluding carboxylic acids is 1. The molecule has 0 aliphatic carbocycles. The lowest BCUT2D eigenvalue weighted by atomic mass is 9.90. The van der Waals surface area contributed by atoms with Crippen LogP contribution in [0.1, 0.15) is 48.0 Å². The predicted molar refractivity (Wildman–Crippen MR) is 103 cm³/mol. The molecule has 0 unspecified atom stereocenters. The van der Waals surface area contributed by atoms with Crippen molar-refractivity contribution >= 4 is 5.91 Å². The van der Waals surface area contributed by atoms with Crippen molar-refractivity contribution in [2.24, 2.45) is 5.92 Å². The van der Waals surface area contributed by atoms with Gasteiger partial charge in [-0.2, -0.15) is 0 Å². The van der Waals surface area contributed by atoms with Gasteiger partial charge in [0.05, 0.1) is 0 Å². The first kappa shape index (κ1) is 18.4. The molecule has 4 heteroatoms. The predicted octanol–water partition coefficient (Wildman–Crippen LogP) is 2.79. The number of benzene rings is 1. The number of hydrogen-bond donors (Lipinski definition) is 1. The summed E-state index contributed by atoms with van der Waals surface area (Å²) < 4.78 is 0. The third kappa shape index (κ3) is 5.05. The molecule has 25 heavy (non-hydrogen) atoms. The first-order chi connectivity index (χ1) is 12.1. The maximum Gasteiger partial charge on any atom is 0.253 e. The van der Waals surface area contributed by atoms with Crippen LogP contribution in [0.4, 0.5) is 0 Å². The van der Waals surface area contributed by atoms with Crippen molar-refractivity contribution < 1.29 is 4.79 Å². The fourth-order valence-electron chi connectivity index (χ4n) is 4.23. The van der Waals surface area contributed by atoms with Crippen LogP contribution in [-0.4, -0.2) is 62.0 Å². The van der Waals surface area contributed by atoms with Crippen molar-refractivity contribution in [2.45, 2.75) is 44.6 Å². The van der Waals surface area contributed by atoms with E-state index >= 15 is 0 Å². The van der Waals surface area contributed by atoms with Gasteiger partial charge in [0.1, 0.15) is 0 Å². The summed E-state index contributed by atoms with van der Waals surface area (Å²) in [6.07, 6.45) is 6.96. The topological polar surface area (TPSA) is 35.6 Å². The van der Waals surface area contributed by atoms with Gasteiger partial charge in [-0.15, -0.1) is 0 Å². The van der Waals surface area contributed by atoms with Gasteiger partial charge in [-0.3, -0.25) is 4.79 Å². The highest BCUT2D eigenvalue weighted by Crippen LogP contribution is 2.21. The van der Waals surface area contributed by atoms with Crippen LogP contribution in [0.2, 0.25) is 0 Å². The van der Waals surface area contributed by atoms with Crippen LogP contribution in [0.15, 0.2) is 24.3 Å². The van der Waals surface area contributed by atoms with Crippen molar-refractivity contribution in [2.75, 3.05) is 40.3 Å². The van der Waals surface area contributed by atoms with Gasteiger partial charge in [0.15, 0.2) is 0 Å². The van der Waals surface area contributed by atoms with E-state index in [-0.39, 0.29) is 5.91 Å². The molecule has 138 valence electrons. The number of piperidine rings is 1. The van der Waals surface area contributed by atoms with Gasteiger partial charge >= 0.3 is 0 Å². The van der Waals surface area contributed by atoms with Crippen LogP contribution in [0.5, 0.6) is 0 Å². The number of rotatable bonds is 4. The molecule has 1 amide bonds. The molecule has 0 aromatic heterocycles. The summed E-state index contributed by atoms with van der Waals surface area (Å²) in [7, 11) is 4.29. The van der Waals surface area contributed by atoms with Crippen LogP contribution < -0.4 is 5.32 Å². The van der Waals surface area contributed by atoms with E-state index in [2.05, 4.69) is 47.4 Å². The summed E-state index contributed by atoms with van der Waals surface area (Å²) >= 11 is 0. The third-order valence-electron chi connectivity index (χ3n) is 5.87. The summed E-state index contributed by atoms with van der Waals surface area (Å²) in [6, 6.07) is 8.97. The highest BCUT2D eigenvalue weighted by Gasteiger charge is 2.23. The molecular weight excluding hydrogens is 310 g/mol. The smallest absolute Gasteiger partial charge is 0.253 e. The molecule has 1 aromatic rings. The van der Waals surface area contributed by atoms with Crippen molar-refractivity contribution in [3.8, 4) is 0 Å². The molecule has 2 fully saturated rings. The summed E-state index contributed by atoms with van der Waals surface area (Å²) in [5.74, 6) is 0.970. The Morgan fingerprint density at radius 2 is 1.96 bits per heavy atom. The Labute approximate surface area is 152 Å². The Hall–Kier alpha value is -1.39. The second kappa shape index (κ2) is 8.81. The largest absolute Gasteiger partial charge is 0.339 e. The Bertz CT molecular complexity index is 566. The zero-order valence-corrected chi connectivity index (χ0v) is 15.8. The van der Waals surface area contributed by atoms with Crippen LogP contribution in [-0.2, 0) is 6.42 Å². The molecule has 4 nitrogen and oxygen atoms in total. The SMILES string of the molecule is CN(C)[C@@H]1CCCN(C(=O)c2cccc(CC3CCNCC3)c2)CC1. The molecule has 2 aliphatic rings.